The molecule has 0 bridgehead atoms. The standard InChI is InChI=1S/C8H8ClN3/c1-5-11-7-6(12(5)2)3-4-10-8(7)9/h3-4,11H,1H2,2H3. The van der Waals surface area contributed by atoms with Crippen LogP contribution in [0.1, 0.15) is 0 Å². The first kappa shape index (κ1) is 7.43. The van der Waals surface area contributed by atoms with Crippen molar-refractivity contribution in [2.45, 2.75) is 0 Å². The van der Waals surface area contributed by atoms with Crippen molar-refractivity contribution in [1.29, 1.82) is 0 Å². The number of fused-ring (bicyclic) bond motifs is 1. The van der Waals surface area contributed by atoms with Crippen LogP contribution in [-0.4, -0.2) is 12.0 Å². The van der Waals surface area contributed by atoms with Crippen molar-refractivity contribution in [3.8, 4) is 0 Å². The Morgan fingerprint density at radius 1 is 1.67 bits per heavy atom. The maximum atomic E-state index is 5.86. The average molecular weight is 182 g/mol. The number of hydrogen-bond acceptors (Lipinski definition) is 3. The van der Waals surface area contributed by atoms with Gasteiger partial charge in [0.05, 0.1) is 5.69 Å². The predicted octanol–water partition coefficient (Wildman–Crippen LogP) is 2.07. The molecule has 0 aliphatic carbocycles. The zero-order valence-electron chi connectivity index (χ0n) is 6.63. The Labute approximate surface area is 75.7 Å². The molecule has 1 aliphatic rings. The SMILES string of the molecule is C=C1Nc2c(ccnc2Cl)N1C. The van der Waals surface area contributed by atoms with Crippen molar-refractivity contribution < 1.29 is 0 Å². The van der Waals surface area contributed by atoms with E-state index < -0.39 is 0 Å². The second-order valence-electron chi connectivity index (χ2n) is 2.63. The van der Waals surface area contributed by atoms with Gasteiger partial charge in [0.25, 0.3) is 0 Å². The number of nitrogens with zero attached hydrogens (tertiary/aromatic N) is 2. The topological polar surface area (TPSA) is 28.2 Å². The summed E-state index contributed by atoms with van der Waals surface area (Å²) < 4.78 is 0. The van der Waals surface area contributed by atoms with E-state index >= 15 is 0 Å². The summed E-state index contributed by atoms with van der Waals surface area (Å²) in [5, 5.41) is 3.54. The normalized spacial score (nSPS) is 14.5. The van der Waals surface area contributed by atoms with E-state index in [1.165, 1.54) is 0 Å². The second kappa shape index (κ2) is 2.38. The minimum absolute atomic E-state index is 0.484. The van der Waals surface area contributed by atoms with Crippen molar-refractivity contribution in [3.05, 3.63) is 29.8 Å². The molecule has 0 aromatic carbocycles. The van der Waals surface area contributed by atoms with Crippen LogP contribution in [-0.2, 0) is 0 Å². The third-order valence-electron chi connectivity index (χ3n) is 1.92. The van der Waals surface area contributed by atoms with Gasteiger partial charge < -0.3 is 10.2 Å². The highest BCUT2D eigenvalue weighted by Crippen LogP contribution is 2.38. The van der Waals surface area contributed by atoms with Crippen molar-refractivity contribution >= 4 is 23.0 Å². The third kappa shape index (κ3) is 0.865. The highest BCUT2D eigenvalue weighted by molar-refractivity contribution is 6.33. The van der Waals surface area contributed by atoms with Crippen molar-refractivity contribution in [1.82, 2.24) is 4.98 Å². The molecule has 0 radical (unpaired) electrons. The first-order valence-electron chi connectivity index (χ1n) is 3.54. The van der Waals surface area contributed by atoms with Gasteiger partial charge in [0.1, 0.15) is 11.5 Å². The minimum Gasteiger partial charge on any atom is -0.338 e. The van der Waals surface area contributed by atoms with E-state index in [1.54, 1.807) is 6.20 Å². The van der Waals surface area contributed by atoms with Crippen LogP contribution in [0.4, 0.5) is 11.4 Å². The monoisotopic (exact) mass is 181 g/mol. The molecule has 4 heteroatoms. The highest BCUT2D eigenvalue weighted by atomic mass is 35.5. The Morgan fingerprint density at radius 2 is 2.42 bits per heavy atom. The number of nitrogens with one attached hydrogen (secondary N) is 1. The molecule has 0 atom stereocenters. The number of rotatable bonds is 0. The molecular formula is C8H8ClN3. The molecule has 1 N–H and O–H groups in total. The van der Waals surface area contributed by atoms with Crippen LogP contribution in [0.3, 0.4) is 0 Å². The quantitative estimate of drug-likeness (QED) is 0.621. The summed E-state index contributed by atoms with van der Waals surface area (Å²) in [7, 11) is 1.93. The molecule has 12 heavy (non-hydrogen) atoms. The molecule has 0 unspecified atom stereocenters. The minimum atomic E-state index is 0.484. The van der Waals surface area contributed by atoms with Crippen LogP contribution in [0.5, 0.6) is 0 Å². The molecule has 0 fully saturated rings. The average Bonchev–Trinajstić information content (AvgIpc) is 2.32. The van der Waals surface area contributed by atoms with Gasteiger partial charge in [-0.2, -0.15) is 0 Å². The number of aromatic nitrogens is 1. The fraction of sp³-hybridized carbons (Fsp3) is 0.125. The molecule has 1 aromatic rings. The molecule has 0 saturated heterocycles. The van der Waals surface area contributed by atoms with Crippen LogP contribution in [0, 0.1) is 0 Å². The van der Waals surface area contributed by atoms with Crippen LogP contribution < -0.4 is 10.2 Å². The van der Waals surface area contributed by atoms with E-state index in [9.17, 15) is 0 Å². The number of anilines is 2. The van der Waals surface area contributed by atoms with Gasteiger partial charge >= 0.3 is 0 Å². The fourth-order valence-corrected chi connectivity index (χ4v) is 1.40. The van der Waals surface area contributed by atoms with E-state index in [0.717, 1.165) is 17.2 Å². The van der Waals surface area contributed by atoms with Crippen molar-refractivity contribution in [3.63, 3.8) is 0 Å². The zero-order chi connectivity index (χ0) is 8.72. The smallest absolute Gasteiger partial charge is 0.154 e. The summed E-state index contributed by atoms with van der Waals surface area (Å²) in [6.45, 7) is 3.82. The lowest BCUT2D eigenvalue weighted by atomic mass is 10.3. The predicted molar refractivity (Wildman–Crippen MR) is 50.4 cm³/mol. The Bertz CT molecular complexity index is 348. The molecule has 0 spiro atoms. The molecule has 2 rings (SSSR count). The van der Waals surface area contributed by atoms with Gasteiger partial charge in [0.2, 0.25) is 0 Å². The summed E-state index contributed by atoms with van der Waals surface area (Å²) in [5.41, 5.74) is 1.85. The highest BCUT2D eigenvalue weighted by Gasteiger charge is 2.21. The van der Waals surface area contributed by atoms with E-state index in [4.69, 9.17) is 11.6 Å². The van der Waals surface area contributed by atoms with Crippen LogP contribution in [0.2, 0.25) is 5.15 Å². The van der Waals surface area contributed by atoms with Gasteiger partial charge in [-0.15, -0.1) is 0 Å². The number of halogens is 1. The molecule has 1 aliphatic heterocycles. The van der Waals surface area contributed by atoms with Crippen LogP contribution in [0.15, 0.2) is 24.7 Å². The van der Waals surface area contributed by atoms with E-state index in [0.29, 0.717) is 5.15 Å². The Balaban J connectivity index is 2.60. The molecule has 2 heterocycles. The van der Waals surface area contributed by atoms with Gasteiger partial charge in [-0.1, -0.05) is 18.2 Å². The Kier molecular flexibility index (Phi) is 1.48. The number of hydrogen-bond donors (Lipinski definition) is 1. The van der Waals surface area contributed by atoms with E-state index in [2.05, 4.69) is 16.9 Å². The lowest BCUT2D eigenvalue weighted by molar-refractivity contribution is 1.16. The maximum absolute atomic E-state index is 5.86. The summed E-state index contributed by atoms with van der Waals surface area (Å²) in [6, 6.07) is 1.90. The lowest BCUT2D eigenvalue weighted by Crippen LogP contribution is -2.12. The van der Waals surface area contributed by atoms with Gasteiger partial charge in [-0.25, -0.2) is 4.98 Å². The van der Waals surface area contributed by atoms with Gasteiger partial charge in [0.15, 0.2) is 5.15 Å². The Morgan fingerprint density at radius 3 is 3.08 bits per heavy atom. The van der Waals surface area contributed by atoms with Gasteiger partial charge in [-0.3, -0.25) is 0 Å². The van der Waals surface area contributed by atoms with E-state index in [1.807, 2.05) is 18.0 Å². The summed E-state index contributed by atoms with van der Waals surface area (Å²) in [6.07, 6.45) is 1.68. The zero-order valence-corrected chi connectivity index (χ0v) is 7.39. The fourth-order valence-electron chi connectivity index (χ4n) is 1.20. The van der Waals surface area contributed by atoms with Crippen LogP contribution >= 0.6 is 11.6 Å². The molecule has 62 valence electrons. The molecule has 3 nitrogen and oxygen atoms in total. The number of pyridine rings is 1. The van der Waals surface area contributed by atoms with Crippen molar-refractivity contribution in [2.75, 3.05) is 17.3 Å². The molecule has 0 saturated carbocycles. The molecular weight excluding hydrogens is 174 g/mol. The second-order valence-corrected chi connectivity index (χ2v) is 2.98. The van der Waals surface area contributed by atoms with Crippen LogP contribution in [0.25, 0.3) is 0 Å². The van der Waals surface area contributed by atoms with Gasteiger partial charge in [0, 0.05) is 13.2 Å². The third-order valence-corrected chi connectivity index (χ3v) is 2.20. The summed E-state index contributed by atoms with van der Waals surface area (Å²) in [4.78, 5) is 5.89. The summed E-state index contributed by atoms with van der Waals surface area (Å²) >= 11 is 5.86. The molecule has 1 aromatic heterocycles. The Hall–Kier alpha value is -1.22. The maximum Gasteiger partial charge on any atom is 0.154 e. The van der Waals surface area contributed by atoms with E-state index in [-0.39, 0.29) is 0 Å². The molecule has 0 amide bonds. The largest absolute Gasteiger partial charge is 0.338 e. The summed E-state index contributed by atoms with van der Waals surface area (Å²) in [5.74, 6) is 0.819. The van der Waals surface area contributed by atoms with Gasteiger partial charge in [-0.05, 0) is 6.07 Å². The van der Waals surface area contributed by atoms with Crippen molar-refractivity contribution in [2.24, 2.45) is 0 Å². The lowest BCUT2D eigenvalue weighted by Gasteiger charge is -2.10. The first-order chi connectivity index (χ1) is 5.70. The first-order valence-corrected chi connectivity index (χ1v) is 3.92.